The Morgan fingerprint density at radius 3 is 2.94 bits per heavy atom. The Balaban J connectivity index is 2.04. The van der Waals surface area contributed by atoms with Crippen molar-refractivity contribution in [3.8, 4) is 0 Å². The van der Waals surface area contributed by atoms with E-state index in [0.29, 0.717) is 6.54 Å². The highest BCUT2D eigenvalue weighted by molar-refractivity contribution is 5.30. The van der Waals surface area contributed by atoms with Crippen molar-refractivity contribution in [3.63, 3.8) is 0 Å². The third-order valence-corrected chi connectivity index (χ3v) is 3.91. The van der Waals surface area contributed by atoms with Crippen molar-refractivity contribution in [1.82, 2.24) is 9.97 Å². The molecule has 1 aromatic rings. The predicted molar refractivity (Wildman–Crippen MR) is 74.3 cm³/mol. The first-order chi connectivity index (χ1) is 8.70. The van der Waals surface area contributed by atoms with Crippen molar-refractivity contribution in [1.29, 1.82) is 0 Å². The molecule has 0 aliphatic carbocycles. The normalized spacial score (nSPS) is 21.1. The summed E-state index contributed by atoms with van der Waals surface area (Å²) < 4.78 is 0. The van der Waals surface area contributed by atoms with E-state index in [9.17, 15) is 0 Å². The molecule has 0 bridgehead atoms. The first-order valence-corrected chi connectivity index (χ1v) is 6.97. The number of hydrogen-bond acceptors (Lipinski definition) is 4. The highest BCUT2D eigenvalue weighted by Crippen LogP contribution is 2.25. The Hall–Kier alpha value is -1.16. The first kappa shape index (κ1) is 13.3. The largest absolute Gasteiger partial charge is 0.341 e. The molecule has 2 N–H and O–H groups in total. The van der Waals surface area contributed by atoms with Gasteiger partial charge in [0.2, 0.25) is 5.95 Å². The summed E-state index contributed by atoms with van der Waals surface area (Å²) in [6.07, 6.45) is 5.62. The van der Waals surface area contributed by atoms with Gasteiger partial charge in [-0.05, 0) is 37.2 Å². The summed E-state index contributed by atoms with van der Waals surface area (Å²) in [6.45, 7) is 7.27. The van der Waals surface area contributed by atoms with E-state index < -0.39 is 0 Å². The van der Waals surface area contributed by atoms with E-state index in [1.165, 1.54) is 19.3 Å². The van der Waals surface area contributed by atoms with Gasteiger partial charge in [0.05, 0.1) is 5.69 Å². The molecule has 0 amide bonds. The van der Waals surface area contributed by atoms with Gasteiger partial charge in [0.15, 0.2) is 0 Å². The van der Waals surface area contributed by atoms with Crippen molar-refractivity contribution in [2.75, 3.05) is 18.0 Å². The maximum atomic E-state index is 5.63. The minimum Gasteiger partial charge on any atom is -0.341 e. The van der Waals surface area contributed by atoms with Gasteiger partial charge in [0, 0.05) is 25.8 Å². The van der Waals surface area contributed by atoms with Gasteiger partial charge in [0.25, 0.3) is 0 Å². The Morgan fingerprint density at radius 1 is 1.39 bits per heavy atom. The number of nitrogens with zero attached hydrogens (tertiary/aromatic N) is 3. The van der Waals surface area contributed by atoms with Crippen LogP contribution in [-0.2, 0) is 6.54 Å². The molecule has 0 saturated carbocycles. The van der Waals surface area contributed by atoms with Gasteiger partial charge in [-0.25, -0.2) is 9.97 Å². The van der Waals surface area contributed by atoms with Gasteiger partial charge in [-0.15, -0.1) is 0 Å². The third kappa shape index (κ3) is 3.19. The van der Waals surface area contributed by atoms with Gasteiger partial charge >= 0.3 is 0 Å². The summed E-state index contributed by atoms with van der Waals surface area (Å²) in [4.78, 5) is 11.2. The topological polar surface area (TPSA) is 55.0 Å². The Morgan fingerprint density at radius 2 is 2.22 bits per heavy atom. The molecular formula is C14H24N4. The summed E-state index contributed by atoms with van der Waals surface area (Å²) in [5, 5.41) is 0. The lowest BCUT2D eigenvalue weighted by molar-refractivity contribution is 0.351. The summed E-state index contributed by atoms with van der Waals surface area (Å²) >= 11 is 0. The average Bonchev–Trinajstić information content (AvgIpc) is 2.64. The molecular weight excluding hydrogens is 224 g/mol. The lowest BCUT2D eigenvalue weighted by atomic mass is 9.89. The predicted octanol–water partition coefficient (Wildman–Crippen LogP) is 2.20. The van der Waals surface area contributed by atoms with Crippen LogP contribution in [0, 0.1) is 11.8 Å². The number of nitrogens with two attached hydrogens (primary N) is 1. The molecule has 1 atom stereocenters. The summed E-state index contributed by atoms with van der Waals surface area (Å²) in [5.41, 5.74) is 6.55. The zero-order valence-corrected chi connectivity index (χ0v) is 11.5. The standard InChI is InChI=1S/C14H24N4/c1-11(2)12-4-3-8-18(9-6-12)14-16-7-5-13(10-15)17-14/h5,7,11-12H,3-4,6,8-10,15H2,1-2H3. The highest BCUT2D eigenvalue weighted by Gasteiger charge is 2.20. The van der Waals surface area contributed by atoms with Crippen molar-refractivity contribution >= 4 is 5.95 Å². The van der Waals surface area contributed by atoms with E-state index in [1.807, 2.05) is 12.3 Å². The van der Waals surface area contributed by atoms with Gasteiger partial charge in [-0.1, -0.05) is 13.8 Å². The zero-order valence-electron chi connectivity index (χ0n) is 11.5. The van der Waals surface area contributed by atoms with E-state index in [1.54, 1.807) is 0 Å². The first-order valence-electron chi connectivity index (χ1n) is 6.97. The molecule has 100 valence electrons. The maximum absolute atomic E-state index is 5.63. The quantitative estimate of drug-likeness (QED) is 0.891. The van der Waals surface area contributed by atoms with Crippen LogP contribution in [-0.4, -0.2) is 23.1 Å². The second-order valence-electron chi connectivity index (χ2n) is 5.47. The zero-order chi connectivity index (χ0) is 13.0. The van der Waals surface area contributed by atoms with Crippen LogP contribution in [0.2, 0.25) is 0 Å². The molecule has 1 aliphatic heterocycles. The van der Waals surface area contributed by atoms with Gasteiger partial charge < -0.3 is 10.6 Å². The van der Waals surface area contributed by atoms with Crippen molar-refractivity contribution in [3.05, 3.63) is 18.0 Å². The van der Waals surface area contributed by atoms with Crippen LogP contribution in [0.1, 0.15) is 38.8 Å². The molecule has 18 heavy (non-hydrogen) atoms. The van der Waals surface area contributed by atoms with Crippen LogP contribution in [0.4, 0.5) is 5.95 Å². The van der Waals surface area contributed by atoms with Crippen LogP contribution in [0.5, 0.6) is 0 Å². The maximum Gasteiger partial charge on any atom is 0.225 e. The third-order valence-electron chi connectivity index (χ3n) is 3.91. The van der Waals surface area contributed by atoms with Gasteiger partial charge in [-0.3, -0.25) is 0 Å². The van der Waals surface area contributed by atoms with E-state index in [-0.39, 0.29) is 0 Å². The fourth-order valence-electron chi connectivity index (χ4n) is 2.64. The van der Waals surface area contributed by atoms with E-state index in [2.05, 4.69) is 28.7 Å². The molecule has 4 nitrogen and oxygen atoms in total. The average molecular weight is 248 g/mol. The molecule has 1 aliphatic rings. The molecule has 1 fully saturated rings. The molecule has 2 heterocycles. The lowest BCUT2D eigenvalue weighted by Gasteiger charge is -2.21. The lowest BCUT2D eigenvalue weighted by Crippen LogP contribution is -2.27. The minimum atomic E-state index is 0.484. The minimum absolute atomic E-state index is 0.484. The van der Waals surface area contributed by atoms with Crippen LogP contribution in [0.15, 0.2) is 12.3 Å². The van der Waals surface area contributed by atoms with Crippen molar-refractivity contribution in [2.45, 2.75) is 39.7 Å². The molecule has 0 aromatic carbocycles. The number of anilines is 1. The fraction of sp³-hybridized carbons (Fsp3) is 0.714. The second kappa shape index (κ2) is 6.14. The van der Waals surface area contributed by atoms with Gasteiger partial charge in [-0.2, -0.15) is 0 Å². The van der Waals surface area contributed by atoms with Crippen LogP contribution < -0.4 is 10.6 Å². The van der Waals surface area contributed by atoms with Crippen molar-refractivity contribution < 1.29 is 0 Å². The number of rotatable bonds is 3. The molecule has 2 rings (SSSR count). The van der Waals surface area contributed by atoms with E-state index >= 15 is 0 Å². The van der Waals surface area contributed by atoms with Crippen molar-refractivity contribution in [2.24, 2.45) is 17.6 Å². The Labute approximate surface area is 110 Å². The summed E-state index contributed by atoms with van der Waals surface area (Å²) in [5.74, 6) is 2.47. The molecule has 1 aromatic heterocycles. The second-order valence-corrected chi connectivity index (χ2v) is 5.47. The molecule has 4 heteroatoms. The highest BCUT2D eigenvalue weighted by atomic mass is 15.2. The molecule has 0 radical (unpaired) electrons. The Kier molecular flexibility index (Phi) is 4.53. The Bertz CT molecular complexity index is 378. The molecule has 1 unspecified atom stereocenters. The summed E-state index contributed by atoms with van der Waals surface area (Å²) in [6, 6.07) is 1.89. The van der Waals surface area contributed by atoms with Crippen LogP contribution in [0.25, 0.3) is 0 Å². The molecule has 0 spiro atoms. The van der Waals surface area contributed by atoms with Crippen LogP contribution in [0.3, 0.4) is 0 Å². The van der Waals surface area contributed by atoms with E-state index in [0.717, 1.165) is 36.6 Å². The monoisotopic (exact) mass is 248 g/mol. The van der Waals surface area contributed by atoms with Crippen LogP contribution >= 0.6 is 0 Å². The number of aromatic nitrogens is 2. The molecule has 1 saturated heterocycles. The smallest absolute Gasteiger partial charge is 0.225 e. The number of hydrogen-bond donors (Lipinski definition) is 1. The fourth-order valence-corrected chi connectivity index (χ4v) is 2.64. The summed E-state index contributed by atoms with van der Waals surface area (Å²) in [7, 11) is 0. The van der Waals surface area contributed by atoms with E-state index in [4.69, 9.17) is 5.73 Å². The van der Waals surface area contributed by atoms with Gasteiger partial charge in [0.1, 0.15) is 0 Å². The SMILES string of the molecule is CC(C)C1CCCN(c2nccc(CN)n2)CC1.